The van der Waals surface area contributed by atoms with Crippen LogP contribution in [0, 0.1) is 0 Å². The molecule has 2 rings (SSSR count). The molecule has 0 aromatic carbocycles. The molecule has 1 aliphatic rings. The van der Waals surface area contributed by atoms with Crippen LogP contribution in [-0.2, 0) is 16.6 Å². The minimum atomic E-state index is -0.640. The molecule has 0 atom stereocenters. The lowest BCUT2D eigenvalue weighted by molar-refractivity contribution is -0.147. The quantitative estimate of drug-likeness (QED) is 0.852. The highest BCUT2D eigenvalue weighted by atomic mass is 32.1. The van der Waals surface area contributed by atoms with Crippen molar-refractivity contribution in [3.8, 4) is 0 Å². The highest BCUT2D eigenvalue weighted by Crippen LogP contribution is 2.46. The van der Waals surface area contributed by atoms with Crippen LogP contribution in [0.25, 0.3) is 0 Å². The lowest BCUT2D eigenvalue weighted by Crippen LogP contribution is -2.41. The summed E-state index contributed by atoms with van der Waals surface area (Å²) in [5.41, 5.74) is -0.531. The van der Waals surface area contributed by atoms with Gasteiger partial charge in [0.15, 0.2) is 0 Å². The Morgan fingerprint density at radius 3 is 2.73 bits per heavy atom. The van der Waals surface area contributed by atoms with Gasteiger partial charge >= 0.3 is 5.97 Å². The van der Waals surface area contributed by atoms with Crippen molar-refractivity contribution in [3.05, 3.63) is 21.9 Å². The molecule has 82 valence electrons. The van der Waals surface area contributed by atoms with Crippen LogP contribution in [-0.4, -0.2) is 11.1 Å². The molecule has 1 aromatic heterocycles. The van der Waals surface area contributed by atoms with E-state index < -0.39 is 11.4 Å². The first-order valence-electron chi connectivity index (χ1n) is 5.51. The van der Waals surface area contributed by atoms with Crippen LogP contribution in [0.2, 0.25) is 0 Å². The molecule has 1 fully saturated rings. The topological polar surface area (TPSA) is 37.3 Å². The summed E-state index contributed by atoms with van der Waals surface area (Å²) >= 11 is 1.69. The Balaban J connectivity index is 2.23. The standard InChI is InChI=1S/C12H16O2S/c1-2-4-9-5-6-10(15-9)12(11(13)14)7-3-8-12/h5-6H,2-4,7-8H2,1H3,(H,13,14). The van der Waals surface area contributed by atoms with Gasteiger partial charge in [0.05, 0.1) is 0 Å². The minimum Gasteiger partial charge on any atom is -0.481 e. The molecular weight excluding hydrogens is 208 g/mol. The molecule has 15 heavy (non-hydrogen) atoms. The molecule has 2 nitrogen and oxygen atoms in total. The van der Waals surface area contributed by atoms with Gasteiger partial charge in [-0.15, -0.1) is 11.3 Å². The highest BCUT2D eigenvalue weighted by Gasteiger charge is 2.46. The Morgan fingerprint density at radius 2 is 2.27 bits per heavy atom. The zero-order valence-electron chi connectivity index (χ0n) is 8.95. The van der Waals surface area contributed by atoms with E-state index in [9.17, 15) is 9.90 Å². The SMILES string of the molecule is CCCc1ccc(C2(C(=O)O)CCC2)s1. The summed E-state index contributed by atoms with van der Waals surface area (Å²) in [6.07, 6.45) is 4.87. The van der Waals surface area contributed by atoms with Crippen molar-refractivity contribution < 1.29 is 9.90 Å². The predicted molar refractivity (Wildman–Crippen MR) is 61.5 cm³/mol. The van der Waals surface area contributed by atoms with Crippen LogP contribution in [0.5, 0.6) is 0 Å². The number of hydrogen-bond donors (Lipinski definition) is 1. The summed E-state index contributed by atoms with van der Waals surface area (Å²) in [6, 6.07) is 4.11. The zero-order chi connectivity index (χ0) is 10.9. The lowest BCUT2D eigenvalue weighted by atomic mass is 9.68. The summed E-state index contributed by atoms with van der Waals surface area (Å²) in [4.78, 5) is 13.7. The number of carboxylic acid groups (broad SMARTS) is 1. The van der Waals surface area contributed by atoms with Gasteiger partial charge < -0.3 is 5.11 Å². The summed E-state index contributed by atoms with van der Waals surface area (Å²) in [5, 5.41) is 9.28. The van der Waals surface area contributed by atoms with E-state index in [2.05, 4.69) is 13.0 Å². The van der Waals surface area contributed by atoms with Crippen LogP contribution in [0.4, 0.5) is 0 Å². The second kappa shape index (κ2) is 3.97. The number of aryl methyl sites for hydroxylation is 1. The fraction of sp³-hybridized carbons (Fsp3) is 0.583. The molecule has 0 radical (unpaired) electrons. The summed E-state index contributed by atoms with van der Waals surface area (Å²) in [5.74, 6) is -0.640. The van der Waals surface area contributed by atoms with Crippen molar-refractivity contribution in [1.82, 2.24) is 0 Å². The first-order valence-corrected chi connectivity index (χ1v) is 6.33. The molecule has 1 saturated carbocycles. The van der Waals surface area contributed by atoms with Crippen LogP contribution in [0.1, 0.15) is 42.4 Å². The van der Waals surface area contributed by atoms with Crippen molar-refractivity contribution in [2.24, 2.45) is 0 Å². The Hall–Kier alpha value is -0.830. The van der Waals surface area contributed by atoms with Crippen molar-refractivity contribution in [2.45, 2.75) is 44.4 Å². The molecule has 0 aliphatic heterocycles. The third kappa shape index (κ3) is 1.69. The van der Waals surface area contributed by atoms with E-state index in [4.69, 9.17) is 0 Å². The molecule has 1 N–H and O–H groups in total. The van der Waals surface area contributed by atoms with Gasteiger partial charge in [-0.3, -0.25) is 4.79 Å². The Morgan fingerprint density at radius 1 is 1.53 bits per heavy atom. The van der Waals surface area contributed by atoms with Crippen LogP contribution >= 0.6 is 11.3 Å². The van der Waals surface area contributed by atoms with Gasteiger partial charge in [-0.2, -0.15) is 0 Å². The van der Waals surface area contributed by atoms with Gasteiger partial charge in [0, 0.05) is 9.75 Å². The molecular formula is C12H16O2S. The third-order valence-corrected chi connectivity index (χ3v) is 4.60. The normalized spacial score (nSPS) is 18.5. The predicted octanol–water partition coefficient (Wildman–Crippen LogP) is 3.21. The molecule has 0 saturated heterocycles. The van der Waals surface area contributed by atoms with E-state index in [1.165, 1.54) is 4.88 Å². The summed E-state index contributed by atoms with van der Waals surface area (Å²) in [7, 11) is 0. The summed E-state index contributed by atoms with van der Waals surface area (Å²) < 4.78 is 0. The number of hydrogen-bond acceptors (Lipinski definition) is 2. The van der Waals surface area contributed by atoms with E-state index in [0.717, 1.165) is 37.0 Å². The Kier molecular flexibility index (Phi) is 2.83. The second-order valence-corrected chi connectivity index (χ2v) is 5.43. The lowest BCUT2D eigenvalue weighted by Gasteiger charge is -2.36. The second-order valence-electron chi connectivity index (χ2n) is 4.26. The van der Waals surface area contributed by atoms with Crippen molar-refractivity contribution in [1.29, 1.82) is 0 Å². The molecule has 1 aliphatic carbocycles. The Labute approximate surface area is 93.9 Å². The van der Waals surface area contributed by atoms with Gasteiger partial charge in [0.2, 0.25) is 0 Å². The molecule has 0 unspecified atom stereocenters. The highest BCUT2D eigenvalue weighted by molar-refractivity contribution is 7.12. The number of carboxylic acids is 1. The number of rotatable bonds is 4. The molecule has 1 aromatic rings. The van der Waals surface area contributed by atoms with Crippen molar-refractivity contribution >= 4 is 17.3 Å². The van der Waals surface area contributed by atoms with Gasteiger partial charge in [-0.05, 0) is 31.4 Å². The van der Waals surface area contributed by atoms with Crippen molar-refractivity contribution in [2.75, 3.05) is 0 Å². The average Bonchev–Trinajstić information content (AvgIpc) is 2.51. The van der Waals surface area contributed by atoms with Crippen LogP contribution in [0.15, 0.2) is 12.1 Å². The van der Waals surface area contributed by atoms with E-state index >= 15 is 0 Å². The molecule has 0 bridgehead atoms. The molecule has 3 heteroatoms. The smallest absolute Gasteiger partial charge is 0.314 e. The molecule has 0 spiro atoms. The monoisotopic (exact) mass is 224 g/mol. The maximum atomic E-state index is 11.3. The molecule has 0 amide bonds. The largest absolute Gasteiger partial charge is 0.481 e. The fourth-order valence-corrected chi connectivity index (χ4v) is 3.46. The Bertz CT molecular complexity index is 363. The van der Waals surface area contributed by atoms with E-state index in [1.54, 1.807) is 11.3 Å². The van der Waals surface area contributed by atoms with Crippen LogP contribution < -0.4 is 0 Å². The van der Waals surface area contributed by atoms with Crippen LogP contribution in [0.3, 0.4) is 0 Å². The van der Waals surface area contributed by atoms with Gasteiger partial charge in [-0.1, -0.05) is 19.8 Å². The van der Waals surface area contributed by atoms with Gasteiger partial charge in [0.25, 0.3) is 0 Å². The van der Waals surface area contributed by atoms with Gasteiger partial charge in [0.1, 0.15) is 5.41 Å². The number of carbonyl (C=O) groups is 1. The van der Waals surface area contributed by atoms with E-state index in [-0.39, 0.29) is 0 Å². The third-order valence-electron chi connectivity index (χ3n) is 3.25. The maximum Gasteiger partial charge on any atom is 0.314 e. The summed E-state index contributed by atoms with van der Waals surface area (Å²) in [6.45, 7) is 2.15. The average molecular weight is 224 g/mol. The van der Waals surface area contributed by atoms with E-state index in [0.29, 0.717) is 0 Å². The van der Waals surface area contributed by atoms with Crippen molar-refractivity contribution in [3.63, 3.8) is 0 Å². The molecule has 1 heterocycles. The maximum absolute atomic E-state index is 11.3. The fourth-order valence-electron chi connectivity index (χ4n) is 2.11. The van der Waals surface area contributed by atoms with Gasteiger partial charge in [-0.25, -0.2) is 0 Å². The number of thiophene rings is 1. The number of aliphatic carboxylic acids is 1. The zero-order valence-corrected chi connectivity index (χ0v) is 9.77. The minimum absolute atomic E-state index is 0.531. The first-order chi connectivity index (χ1) is 7.19. The van der Waals surface area contributed by atoms with E-state index in [1.807, 2.05) is 6.07 Å². The first kappa shape index (κ1) is 10.7.